The van der Waals surface area contributed by atoms with E-state index in [1.807, 2.05) is 0 Å². The Morgan fingerprint density at radius 3 is 1.16 bits per heavy atom. The first kappa shape index (κ1) is 49.9. The highest BCUT2D eigenvalue weighted by molar-refractivity contribution is 5.95. The smallest absolute Gasteiger partial charge is 0.243 e. The Labute approximate surface area is 325 Å². The summed E-state index contributed by atoms with van der Waals surface area (Å²) in [6, 6.07) is -4.90. The standard InChI is InChI=1S/C31H62N18O7/c1-18(50)49(15-16-56-2)17-23(51)45-20(8-4-12-42-29(35)36)25(53)47-22(10-6-14-44-31(39)40)27(55)48-21(9-5-13-43-30(37)38)26(54)46-19(24(32)52)7-3-11-41-28(33)34/h19-22H,3-17H2,1-2H3,(H2,32,52)(H,45,51)(H,46,54)(H,47,53)(H,48,55)(H4,33,34,41)(H4,35,36,42)(H4,37,38,43)(H4,39,40,44). The predicted octanol–water partition coefficient (Wildman–Crippen LogP) is -6.88. The third-order valence-corrected chi connectivity index (χ3v) is 7.70. The minimum Gasteiger partial charge on any atom is -0.383 e. The molecule has 4 unspecified atom stereocenters. The predicted molar refractivity (Wildman–Crippen MR) is 211 cm³/mol. The van der Waals surface area contributed by atoms with E-state index in [2.05, 4.69) is 41.2 Å². The van der Waals surface area contributed by atoms with Crippen LogP contribution in [0.15, 0.2) is 20.0 Å². The van der Waals surface area contributed by atoms with Crippen molar-refractivity contribution in [1.82, 2.24) is 26.2 Å². The molecular formula is C31H62N18O7. The molecule has 0 spiro atoms. The van der Waals surface area contributed by atoms with E-state index in [9.17, 15) is 28.8 Å². The van der Waals surface area contributed by atoms with E-state index in [0.29, 0.717) is 6.42 Å². The lowest BCUT2D eigenvalue weighted by atomic mass is 10.0. The maximum absolute atomic E-state index is 13.9. The maximum atomic E-state index is 13.9. The fourth-order valence-electron chi connectivity index (χ4n) is 4.89. The summed E-state index contributed by atoms with van der Waals surface area (Å²) >= 11 is 0. The summed E-state index contributed by atoms with van der Waals surface area (Å²) < 4.78 is 5.01. The Morgan fingerprint density at radius 2 is 0.857 bits per heavy atom. The molecule has 56 heavy (non-hydrogen) atoms. The van der Waals surface area contributed by atoms with Crippen LogP contribution in [0, 0.1) is 0 Å². The zero-order chi connectivity index (χ0) is 42.6. The molecule has 0 heterocycles. The second-order valence-electron chi connectivity index (χ2n) is 12.4. The Balaban J connectivity index is 6.41. The molecule has 4 atom stereocenters. The Hall–Kier alpha value is -6.14. The van der Waals surface area contributed by atoms with Crippen LogP contribution in [0.25, 0.3) is 0 Å². The zero-order valence-electron chi connectivity index (χ0n) is 32.2. The Kier molecular flexibility index (Phi) is 25.2. The molecule has 0 aliphatic heterocycles. The molecule has 25 nitrogen and oxygen atoms in total. The van der Waals surface area contributed by atoms with Gasteiger partial charge in [-0.15, -0.1) is 0 Å². The average molecular weight is 799 g/mol. The van der Waals surface area contributed by atoms with Crippen molar-refractivity contribution in [3.05, 3.63) is 0 Å². The number of carbonyl (C=O) groups excluding carboxylic acids is 6. The van der Waals surface area contributed by atoms with Crippen LogP contribution < -0.4 is 72.9 Å². The number of rotatable bonds is 29. The molecule has 6 amide bonds. The van der Waals surface area contributed by atoms with Crippen molar-refractivity contribution in [1.29, 1.82) is 0 Å². The summed E-state index contributed by atoms with van der Waals surface area (Å²) in [4.78, 5) is 95.4. The van der Waals surface area contributed by atoms with E-state index in [0.717, 1.165) is 0 Å². The fourth-order valence-corrected chi connectivity index (χ4v) is 4.89. The number of aliphatic imine (C=N–C) groups is 4. The van der Waals surface area contributed by atoms with Gasteiger partial charge in [0.05, 0.1) is 13.2 Å². The van der Waals surface area contributed by atoms with Crippen molar-refractivity contribution < 1.29 is 33.5 Å². The molecule has 0 rings (SSSR count). The molecule has 0 radical (unpaired) electrons. The van der Waals surface area contributed by atoms with Crippen molar-refractivity contribution >= 4 is 59.3 Å². The van der Waals surface area contributed by atoms with Crippen LogP contribution in [0.4, 0.5) is 0 Å². The van der Waals surface area contributed by atoms with Gasteiger partial charge in [0.25, 0.3) is 0 Å². The molecule has 0 aliphatic carbocycles. The quantitative estimate of drug-likeness (QED) is 0.0190. The van der Waals surface area contributed by atoms with Crippen molar-refractivity contribution in [3.8, 4) is 0 Å². The number of nitrogens with zero attached hydrogens (tertiary/aromatic N) is 5. The van der Waals surface area contributed by atoms with E-state index >= 15 is 0 Å². The molecule has 0 aromatic heterocycles. The maximum Gasteiger partial charge on any atom is 0.243 e. The number of methoxy groups -OCH3 is 1. The SMILES string of the molecule is COCCN(CC(=O)NC(CCCN=C(N)N)C(=O)NC(CCCN=C(N)N)C(=O)NC(CCCN=C(N)N)C(=O)NC(CCCN=C(N)N)C(N)=O)C(C)=O. The third kappa shape index (κ3) is 24.2. The number of primary amides is 1. The van der Waals surface area contributed by atoms with Crippen molar-refractivity contribution in [2.45, 2.75) is 82.5 Å². The molecule has 25 heteroatoms. The van der Waals surface area contributed by atoms with Gasteiger partial charge < -0.3 is 82.5 Å². The van der Waals surface area contributed by atoms with Gasteiger partial charge >= 0.3 is 0 Å². The molecule has 22 N–H and O–H groups in total. The fraction of sp³-hybridized carbons (Fsp3) is 0.677. The van der Waals surface area contributed by atoms with Crippen LogP contribution in [-0.4, -0.2) is 141 Å². The molecule has 0 aromatic rings. The number of carbonyl (C=O) groups is 6. The van der Waals surface area contributed by atoms with Gasteiger partial charge in [-0.2, -0.15) is 0 Å². The third-order valence-electron chi connectivity index (χ3n) is 7.70. The zero-order valence-corrected chi connectivity index (χ0v) is 32.2. The van der Waals surface area contributed by atoms with Crippen molar-refractivity contribution in [2.24, 2.45) is 71.6 Å². The molecule has 0 fully saturated rings. The topological polar surface area (TPSA) is 447 Å². The molecule has 0 bridgehead atoms. The lowest BCUT2D eigenvalue weighted by Crippen LogP contribution is -2.58. The van der Waals surface area contributed by atoms with Crippen LogP contribution in [0.3, 0.4) is 0 Å². The van der Waals surface area contributed by atoms with Crippen LogP contribution in [-0.2, 0) is 33.5 Å². The van der Waals surface area contributed by atoms with Gasteiger partial charge in [-0.25, -0.2) is 0 Å². The minimum absolute atomic E-state index is 0.00168. The molecule has 318 valence electrons. The monoisotopic (exact) mass is 799 g/mol. The second-order valence-corrected chi connectivity index (χ2v) is 12.4. The van der Waals surface area contributed by atoms with Crippen molar-refractivity contribution in [3.63, 3.8) is 0 Å². The summed E-state index contributed by atoms with van der Waals surface area (Å²) in [5, 5.41) is 10.4. The number of hydrogen-bond donors (Lipinski definition) is 13. The first-order valence-corrected chi connectivity index (χ1v) is 17.8. The first-order valence-electron chi connectivity index (χ1n) is 17.8. The van der Waals surface area contributed by atoms with E-state index in [1.54, 1.807) is 0 Å². The lowest BCUT2D eigenvalue weighted by Gasteiger charge is -2.27. The van der Waals surface area contributed by atoms with E-state index in [4.69, 9.17) is 56.3 Å². The van der Waals surface area contributed by atoms with Gasteiger partial charge in [0.15, 0.2) is 23.8 Å². The van der Waals surface area contributed by atoms with Gasteiger partial charge in [-0.05, 0) is 51.4 Å². The van der Waals surface area contributed by atoms with Gasteiger partial charge in [0.2, 0.25) is 35.4 Å². The average Bonchev–Trinajstić information content (AvgIpc) is 3.10. The number of guanidine groups is 4. The van der Waals surface area contributed by atoms with E-state index in [-0.39, 0.29) is 115 Å². The molecular weight excluding hydrogens is 736 g/mol. The van der Waals surface area contributed by atoms with Gasteiger partial charge in [-0.1, -0.05) is 0 Å². The number of nitrogens with one attached hydrogen (secondary N) is 4. The number of hydrogen-bond acceptors (Lipinski definition) is 11. The van der Waals surface area contributed by atoms with Gasteiger partial charge in [0.1, 0.15) is 24.2 Å². The van der Waals surface area contributed by atoms with Gasteiger partial charge in [0, 0.05) is 46.8 Å². The molecule has 0 aliphatic rings. The van der Waals surface area contributed by atoms with E-state index < -0.39 is 59.6 Å². The summed E-state index contributed by atoms with van der Waals surface area (Å²) in [6.45, 7) is 1.67. The van der Waals surface area contributed by atoms with Crippen molar-refractivity contribution in [2.75, 3.05) is 53.0 Å². The summed E-state index contributed by atoms with van der Waals surface area (Å²) in [5.41, 5.74) is 48.8. The van der Waals surface area contributed by atoms with E-state index in [1.165, 1.54) is 18.9 Å². The van der Waals surface area contributed by atoms with Crippen LogP contribution in [0.5, 0.6) is 0 Å². The van der Waals surface area contributed by atoms with Gasteiger partial charge in [-0.3, -0.25) is 48.7 Å². The molecule has 0 aromatic carbocycles. The normalized spacial score (nSPS) is 12.6. The molecule has 0 saturated carbocycles. The van der Waals surface area contributed by atoms with Crippen LogP contribution >= 0.6 is 0 Å². The highest BCUT2D eigenvalue weighted by Gasteiger charge is 2.31. The lowest BCUT2D eigenvalue weighted by molar-refractivity contribution is -0.137. The largest absolute Gasteiger partial charge is 0.383 e. The second kappa shape index (κ2) is 28.3. The highest BCUT2D eigenvalue weighted by Crippen LogP contribution is 2.08. The number of amides is 6. The van der Waals surface area contributed by atoms with Crippen LogP contribution in [0.2, 0.25) is 0 Å². The first-order chi connectivity index (χ1) is 26.4. The summed E-state index contributed by atoms with van der Waals surface area (Å²) in [7, 11) is 1.44. The Bertz CT molecular complexity index is 1390. The summed E-state index contributed by atoms with van der Waals surface area (Å²) in [6.07, 6.45) is 1.05. The number of ether oxygens (including phenoxy) is 1. The Morgan fingerprint density at radius 1 is 0.536 bits per heavy atom. The van der Waals surface area contributed by atoms with Crippen LogP contribution in [0.1, 0.15) is 58.3 Å². The highest BCUT2D eigenvalue weighted by atomic mass is 16.5. The minimum atomic E-state index is -1.29. The summed E-state index contributed by atoms with van der Waals surface area (Å²) in [5.74, 6) is -4.90. The number of nitrogens with two attached hydrogens (primary N) is 9. The molecule has 0 saturated heterocycles.